The van der Waals surface area contributed by atoms with Gasteiger partial charge < -0.3 is 30.3 Å². The number of aromatic nitrogens is 1. The number of ether oxygens (including phenoxy) is 1. The van der Waals surface area contributed by atoms with Crippen LogP contribution in [0.25, 0.3) is 22.1 Å². The number of hydrogen-bond donors (Lipinski definition) is 4. The molecule has 0 aliphatic rings. The fourth-order valence-corrected chi connectivity index (χ4v) is 3.82. The summed E-state index contributed by atoms with van der Waals surface area (Å²) in [4.78, 5) is 48.5. The molecule has 12 heteroatoms. The molecule has 40 heavy (non-hydrogen) atoms. The number of benzene rings is 3. The van der Waals surface area contributed by atoms with Gasteiger partial charge in [0.1, 0.15) is 6.54 Å². The van der Waals surface area contributed by atoms with E-state index in [2.05, 4.69) is 25.8 Å². The molecule has 4 rings (SSSR count). The van der Waals surface area contributed by atoms with Crippen LogP contribution < -0.4 is 16.0 Å². The Balaban J connectivity index is 1.72. The Morgan fingerprint density at radius 3 is 2.42 bits per heavy atom. The maximum absolute atomic E-state index is 13.2. The summed E-state index contributed by atoms with van der Waals surface area (Å²) in [6.07, 6.45) is 0.231. The number of esters is 1. The Bertz CT molecular complexity index is 1670. The summed E-state index contributed by atoms with van der Waals surface area (Å²) < 4.78 is 10.0. The number of carboxylic acids is 1. The van der Waals surface area contributed by atoms with Gasteiger partial charge in [-0.2, -0.15) is 5.26 Å². The highest BCUT2D eigenvalue weighted by Crippen LogP contribution is 2.35. The van der Waals surface area contributed by atoms with Gasteiger partial charge in [-0.25, -0.2) is 4.79 Å². The summed E-state index contributed by atoms with van der Waals surface area (Å²) in [7, 11) is 1.30. The molecule has 202 valence electrons. The van der Waals surface area contributed by atoms with Crippen molar-refractivity contribution in [1.29, 1.82) is 5.26 Å². The molecular formula is C28H23N5O7. The molecule has 4 aromatic rings. The smallest absolute Gasteiger partial charge is 0.337 e. The number of carbonyl (C=O) groups is 4. The van der Waals surface area contributed by atoms with Crippen molar-refractivity contribution in [3.05, 3.63) is 71.4 Å². The number of nitrogens with one attached hydrogen (secondary N) is 3. The van der Waals surface area contributed by atoms with Crippen LogP contribution in [-0.4, -0.2) is 47.7 Å². The minimum Gasteiger partial charge on any atom is -0.478 e. The second-order valence-corrected chi connectivity index (χ2v) is 8.47. The van der Waals surface area contributed by atoms with Crippen LogP contribution in [0.3, 0.4) is 0 Å². The largest absolute Gasteiger partial charge is 0.478 e. The van der Waals surface area contributed by atoms with Gasteiger partial charge in [0, 0.05) is 23.7 Å². The molecule has 0 unspecified atom stereocenters. The molecule has 0 saturated carbocycles. The van der Waals surface area contributed by atoms with Crippen LogP contribution in [-0.2, 0) is 14.3 Å². The predicted octanol–water partition coefficient (Wildman–Crippen LogP) is 4.25. The van der Waals surface area contributed by atoms with E-state index in [9.17, 15) is 24.3 Å². The van der Waals surface area contributed by atoms with E-state index in [4.69, 9.17) is 9.78 Å². The lowest BCUT2D eigenvalue weighted by Gasteiger charge is -2.13. The third-order valence-corrected chi connectivity index (χ3v) is 5.91. The SMILES string of the molecule is CCC(=O)Nc1cc2onc(C(=O)Nc3ccc(C#N)cc3C(=O)O)c2cc1-c1ccc(NCC(=O)OC)cc1. The van der Waals surface area contributed by atoms with E-state index in [1.165, 1.54) is 19.2 Å². The molecular weight excluding hydrogens is 518 g/mol. The first kappa shape index (κ1) is 27.3. The van der Waals surface area contributed by atoms with Crippen molar-refractivity contribution in [2.24, 2.45) is 0 Å². The maximum atomic E-state index is 13.2. The highest BCUT2D eigenvalue weighted by atomic mass is 16.5. The highest BCUT2D eigenvalue weighted by Gasteiger charge is 2.22. The van der Waals surface area contributed by atoms with Crippen LogP contribution >= 0.6 is 0 Å². The number of anilines is 3. The van der Waals surface area contributed by atoms with E-state index in [0.29, 0.717) is 27.9 Å². The summed E-state index contributed by atoms with van der Waals surface area (Å²) >= 11 is 0. The van der Waals surface area contributed by atoms with Crippen molar-refractivity contribution in [2.75, 3.05) is 29.6 Å². The number of nitrogens with zero attached hydrogens (tertiary/aromatic N) is 2. The summed E-state index contributed by atoms with van der Waals surface area (Å²) in [5.41, 5.74) is 2.30. The zero-order valence-corrected chi connectivity index (χ0v) is 21.4. The molecule has 0 radical (unpaired) electrons. The molecule has 0 saturated heterocycles. The normalized spacial score (nSPS) is 10.4. The average Bonchev–Trinajstić information content (AvgIpc) is 3.38. The molecule has 0 aliphatic heterocycles. The number of methoxy groups -OCH3 is 1. The number of fused-ring (bicyclic) bond motifs is 1. The van der Waals surface area contributed by atoms with Gasteiger partial charge in [-0.3, -0.25) is 14.4 Å². The molecule has 1 aromatic heterocycles. The molecule has 2 amide bonds. The van der Waals surface area contributed by atoms with Gasteiger partial charge in [-0.05, 0) is 42.0 Å². The van der Waals surface area contributed by atoms with Gasteiger partial charge in [-0.1, -0.05) is 24.2 Å². The Morgan fingerprint density at radius 1 is 1.02 bits per heavy atom. The summed E-state index contributed by atoms with van der Waals surface area (Å²) in [6.45, 7) is 1.70. The van der Waals surface area contributed by atoms with E-state index in [-0.39, 0.29) is 47.0 Å². The molecule has 4 N–H and O–H groups in total. The van der Waals surface area contributed by atoms with Gasteiger partial charge in [0.25, 0.3) is 5.91 Å². The minimum absolute atomic E-state index is 0.0123. The third-order valence-electron chi connectivity index (χ3n) is 5.91. The van der Waals surface area contributed by atoms with Gasteiger partial charge in [-0.15, -0.1) is 0 Å². The number of aromatic carboxylic acids is 1. The lowest BCUT2D eigenvalue weighted by molar-refractivity contribution is -0.138. The van der Waals surface area contributed by atoms with E-state index in [1.807, 2.05) is 6.07 Å². The Labute approximate surface area is 227 Å². The summed E-state index contributed by atoms with van der Waals surface area (Å²) in [6, 6.07) is 15.9. The fourth-order valence-electron chi connectivity index (χ4n) is 3.82. The Morgan fingerprint density at radius 2 is 1.77 bits per heavy atom. The number of amides is 2. The van der Waals surface area contributed by atoms with Crippen molar-refractivity contribution in [3.63, 3.8) is 0 Å². The molecule has 0 fully saturated rings. The first-order chi connectivity index (χ1) is 19.2. The number of carboxylic acid groups (broad SMARTS) is 1. The zero-order chi connectivity index (χ0) is 28.8. The van der Waals surface area contributed by atoms with E-state index in [1.54, 1.807) is 43.3 Å². The number of carbonyl (C=O) groups excluding carboxylic acids is 3. The molecule has 3 aromatic carbocycles. The summed E-state index contributed by atoms with van der Waals surface area (Å²) in [5.74, 6) is -2.71. The van der Waals surface area contributed by atoms with Crippen LogP contribution in [0.15, 0.2) is 59.1 Å². The Kier molecular flexibility index (Phi) is 8.05. The van der Waals surface area contributed by atoms with Crippen molar-refractivity contribution in [1.82, 2.24) is 5.16 Å². The molecule has 0 atom stereocenters. The van der Waals surface area contributed by atoms with Crippen molar-refractivity contribution >= 4 is 51.8 Å². The van der Waals surface area contributed by atoms with Gasteiger partial charge in [0.05, 0.1) is 41.1 Å². The highest BCUT2D eigenvalue weighted by molar-refractivity contribution is 6.14. The summed E-state index contributed by atoms with van der Waals surface area (Å²) in [5, 5.41) is 31.1. The number of rotatable bonds is 9. The predicted molar refractivity (Wildman–Crippen MR) is 145 cm³/mol. The lowest BCUT2D eigenvalue weighted by atomic mass is 10.00. The molecule has 12 nitrogen and oxygen atoms in total. The van der Waals surface area contributed by atoms with E-state index in [0.717, 1.165) is 6.07 Å². The quantitative estimate of drug-likeness (QED) is 0.223. The van der Waals surface area contributed by atoms with Crippen LogP contribution in [0.2, 0.25) is 0 Å². The van der Waals surface area contributed by atoms with Crippen LogP contribution in [0.1, 0.15) is 39.8 Å². The number of nitriles is 1. The van der Waals surface area contributed by atoms with Crippen molar-refractivity contribution in [2.45, 2.75) is 13.3 Å². The second kappa shape index (κ2) is 11.8. The number of hydrogen-bond acceptors (Lipinski definition) is 9. The second-order valence-electron chi connectivity index (χ2n) is 8.47. The van der Waals surface area contributed by atoms with Gasteiger partial charge in [0.15, 0.2) is 11.3 Å². The zero-order valence-electron chi connectivity index (χ0n) is 21.4. The lowest BCUT2D eigenvalue weighted by Crippen LogP contribution is -2.15. The van der Waals surface area contributed by atoms with E-state index < -0.39 is 17.8 Å². The van der Waals surface area contributed by atoms with Crippen LogP contribution in [0.4, 0.5) is 17.1 Å². The first-order valence-corrected chi connectivity index (χ1v) is 12.0. The maximum Gasteiger partial charge on any atom is 0.337 e. The fraction of sp³-hybridized carbons (Fsp3) is 0.143. The minimum atomic E-state index is -1.32. The average molecular weight is 542 g/mol. The Hall–Kier alpha value is -5.70. The van der Waals surface area contributed by atoms with Gasteiger partial charge in [0.2, 0.25) is 5.91 Å². The third kappa shape index (κ3) is 5.89. The topological polar surface area (TPSA) is 184 Å². The standard InChI is InChI=1S/C28H23N5O7/c1-3-24(34)31-22-12-23-20(11-18(22)16-5-7-17(8-6-16)30-14-25(35)39-2)26(33-40-23)27(36)32-21-9-4-15(13-29)10-19(21)28(37)38/h4-12,30H,3,14H2,1-2H3,(H,31,34)(H,32,36)(H,37,38). The van der Waals surface area contributed by atoms with Crippen molar-refractivity contribution < 1.29 is 33.5 Å². The van der Waals surface area contributed by atoms with Crippen molar-refractivity contribution in [3.8, 4) is 17.2 Å². The molecule has 0 bridgehead atoms. The molecule has 0 aliphatic carbocycles. The first-order valence-electron chi connectivity index (χ1n) is 12.0. The van der Waals surface area contributed by atoms with Gasteiger partial charge >= 0.3 is 11.9 Å². The monoisotopic (exact) mass is 541 g/mol. The van der Waals surface area contributed by atoms with Crippen LogP contribution in [0, 0.1) is 11.3 Å². The molecule has 1 heterocycles. The van der Waals surface area contributed by atoms with E-state index >= 15 is 0 Å². The molecule has 0 spiro atoms. The van der Waals surface area contributed by atoms with Crippen LogP contribution in [0.5, 0.6) is 0 Å².